The molecule has 1 atom stereocenters. The normalized spacial score (nSPS) is 21.3. The molecule has 2 aromatic rings. The van der Waals surface area contributed by atoms with Crippen LogP contribution < -0.4 is 0 Å². The Balaban J connectivity index is 1.76. The number of fused-ring (bicyclic) bond motifs is 1. The van der Waals surface area contributed by atoms with Crippen LogP contribution in [0.2, 0.25) is 0 Å². The van der Waals surface area contributed by atoms with Gasteiger partial charge in [-0.25, -0.2) is 8.42 Å². The number of sulfone groups is 1. The van der Waals surface area contributed by atoms with Crippen LogP contribution in [-0.2, 0) is 9.84 Å². The molecule has 6 nitrogen and oxygen atoms in total. The molecular formula is C19H18N2O4S. The molecule has 4 rings (SSSR count). The van der Waals surface area contributed by atoms with Gasteiger partial charge in [-0.3, -0.25) is 14.3 Å². The van der Waals surface area contributed by atoms with E-state index in [9.17, 15) is 18.0 Å². The lowest BCUT2D eigenvalue weighted by atomic mass is 10.1. The van der Waals surface area contributed by atoms with Crippen molar-refractivity contribution in [1.29, 1.82) is 0 Å². The molecule has 26 heavy (non-hydrogen) atoms. The highest BCUT2D eigenvalue weighted by atomic mass is 32.2. The second-order valence-electron chi connectivity index (χ2n) is 6.85. The molecule has 1 aliphatic heterocycles. The molecule has 1 aromatic carbocycles. The van der Waals surface area contributed by atoms with Crippen LogP contribution in [0.15, 0.2) is 29.8 Å². The maximum atomic E-state index is 12.6. The smallest absolute Gasteiger partial charge is 0.197 e. The van der Waals surface area contributed by atoms with Crippen LogP contribution in [0.5, 0.6) is 0 Å². The number of aromatic nitrogens is 2. The van der Waals surface area contributed by atoms with Crippen molar-refractivity contribution >= 4 is 27.5 Å². The Morgan fingerprint density at radius 1 is 1.12 bits per heavy atom. The average molecular weight is 370 g/mol. The summed E-state index contributed by atoms with van der Waals surface area (Å²) in [6.45, 7) is 3.64. The molecule has 2 heterocycles. The maximum absolute atomic E-state index is 12.6. The minimum absolute atomic E-state index is 0.0777. The van der Waals surface area contributed by atoms with E-state index in [0.717, 1.165) is 5.69 Å². The van der Waals surface area contributed by atoms with Crippen LogP contribution in [0.4, 0.5) is 0 Å². The van der Waals surface area contributed by atoms with E-state index in [0.29, 0.717) is 28.8 Å². The van der Waals surface area contributed by atoms with Crippen LogP contribution in [0.3, 0.4) is 0 Å². The number of nitrogens with zero attached hydrogens (tertiary/aromatic N) is 2. The van der Waals surface area contributed by atoms with Crippen molar-refractivity contribution in [2.75, 3.05) is 11.5 Å². The lowest BCUT2D eigenvalue weighted by Gasteiger charge is -2.11. The highest BCUT2D eigenvalue weighted by molar-refractivity contribution is 7.91. The molecular weight excluding hydrogens is 352 g/mol. The van der Waals surface area contributed by atoms with Gasteiger partial charge in [-0.05, 0) is 26.3 Å². The molecule has 0 amide bonds. The summed E-state index contributed by atoms with van der Waals surface area (Å²) in [5.74, 6) is -0.311. The van der Waals surface area contributed by atoms with E-state index < -0.39 is 9.84 Å². The predicted octanol–water partition coefficient (Wildman–Crippen LogP) is 2.32. The number of hydrogen-bond donors (Lipinski definition) is 0. The Labute approximate surface area is 151 Å². The average Bonchev–Trinajstić information content (AvgIpc) is 3.18. The molecule has 1 aliphatic carbocycles. The summed E-state index contributed by atoms with van der Waals surface area (Å²) >= 11 is 0. The third kappa shape index (κ3) is 2.54. The van der Waals surface area contributed by atoms with Gasteiger partial charge < -0.3 is 0 Å². The summed E-state index contributed by atoms with van der Waals surface area (Å²) in [4.78, 5) is 25.2. The van der Waals surface area contributed by atoms with Gasteiger partial charge >= 0.3 is 0 Å². The molecule has 0 N–H and O–H groups in total. The van der Waals surface area contributed by atoms with Crippen LogP contribution in [0.1, 0.15) is 50.1 Å². The van der Waals surface area contributed by atoms with Crippen LogP contribution in [-0.4, -0.2) is 41.3 Å². The fourth-order valence-electron chi connectivity index (χ4n) is 3.76. The lowest BCUT2D eigenvalue weighted by Crippen LogP contribution is -2.14. The molecule has 0 bridgehead atoms. The third-order valence-corrected chi connectivity index (χ3v) is 6.88. The van der Waals surface area contributed by atoms with E-state index >= 15 is 0 Å². The molecule has 1 aromatic heterocycles. The number of benzene rings is 1. The van der Waals surface area contributed by atoms with Gasteiger partial charge in [0.1, 0.15) is 0 Å². The fourth-order valence-corrected chi connectivity index (χ4v) is 5.45. The largest absolute Gasteiger partial charge is 0.288 e. The second-order valence-corrected chi connectivity index (χ2v) is 9.08. The monoisotopic (exact) mass is 370 g/mol. The van der Waals surface area contributed by atoms with Crippen molar-refractivity contribution in [1.82, 2.24) is 9.78 Å². The van der Waals surface area contributed by atoms with Gasteiger partial charge in [0.25, 0.3) is 0 Å². The number of carbonyl (C=O) groups excluding carboxylic acids is 2. The Bertz CT molecular complexity index is 1060. The molecule has 0 saturated carbocycles. The zero-order valence-electron chi connectivity index (χ0n) is 14.5. The van der Waals surface area contributed by atoms with Crippen LogP contribution in [0.25, 0.3) is 6.08 Å². The lowest BCUT2D eigenvalue weighted by molar-refractivity contribution is 0.0990. The topological polar surface area (TPSA) is 86.1 Å². The summed E-state index contributed by atoms with van der Waals surface area (Å²) in [6, 6.07) is 6.59. The summed E-state index contributed by atoms with van der Waals surface area (Å²) in [6.07, 6.45) is 2.13. The predicted molar refractivity (Wildman–Crippen MR) is 97.1 cm³/mol. The number of aryl methyl sites for hydroxylation is 1. The number of hydrogen-bond acceptors (Lipinski definition) is 5. The zero-order chi connectivity index (χ0) is 18.6. The molecule has 7 heteroatoms. The number of ketones is 2. The van der Waals surface area contributed by atoms with Gasteiger partial charge in [0, 0.05) is 22.4 Å². The van der Waals surface area contributed by atoms with Crippen molar-refractivity contribution in [3.05, 3.63) is 57.9 Å². The van der Waals surface area contributed by atoms with Gasteiger partial charge in [-0.15, -0.1) is 0 Å². The summed E-state index contributed by atoms with van der Waals surface area (Å²) in [7, 11) is -3.02. The van der Waals surface area contributed by atoms with Gasteiger partial charge in [0.05, 0.1) is 28.8 Å². The quantitative estimate of drug-likeness (QED) is 0.598. The molecule has 0 radical (unpaired) electrons. The molecule has 0 spiro atoms. The standard InChI is InChI=1S/C19H18N2O4S/c1-11-16(12(2)21(20-11)13-7-8-26(24,25)10-13)9-17-18(22)14-5-3-4-6-15(14)19(17)23/h3-6,9,13H,7-8,10H2,1-2H3. The number of carbonyl (C=O) groups is 2. The first-order chi connectivity index (χ1) is 12.3. The van der Waals surface area contributed by atoms with E-state index in [4.69, 9.17) is 0 Å². The Kier molecular flexibility index (Phi) is 3.73. The van der Waals surface area contributed by atoms with Crippen LogP contribution >= 0.6 is 0 Å². The third-order valence-electron chi connectivity index (χ3n) is 5.13. The first-order valence-corrected chi connectivity index (χ1v) is 10.3. The minimum atomic E-state index is -3.02. The number of Topliss-reactive ketones (excluding diaryl/α,β-unsaturated/α-hetero) is 2. The molecule has 1 unspecified atom stereocenters. The van der Waals surface area contributed by atoms with Crippen molar-refractivity contribution in [2.24, 2.45) is 0 Å². The second kappa shape index (κ2) is 5.74. The van der Waals surface area contributed by atoms with Crippen molar-refractivity contribution < 1.29 is 18.0 Å². The first-order valence-electron chi connectivity index (χ1n) is 8.45. The zero-order valence-corrected chi connectivity index (χ0v) is 15.3. The maximum Gasteiger partial charge on any atom is 0.197 e. The van der Waals surface area contributed by atoms with Gasteiger partial charge in [0.2, 0.25) is 0 Å². The summed E-state index contributed by atoms with van der Waals surface area (Å²) in [5, 5.41) is 4.48. The Hall–Kier alpha value is -2.54. The van der Waals surface area contributed by atoms with E-state index in [1.54, 1.807) is 41.9 Å². The fraction of sp³-hybridized carbons (Fsp3) is 0.316. The molecule has 1 saturated heterocycles. The minimum Gasteiger partial charge on any atom is -0.288 e. The highest BCUT2D eigenvalue weighted by Crippen LogP contribution is 2.31. The Morgan fingerprint density at radius 3 is 2.27 bits per heavy atom. The molecule has 2 aliphatic rings. The van der Waals surface area contributed by atoms with E-state index in [-0.39, 0.29) is 34.7 Å². The van der Waals surface area contributed by atoms with Gasteiger partial charge in [-0.2, -0.15) is 5.10 Å². The van der Waals surface area contributed by atoms with E-state index in [1.165, 1.54) is 0 Å². The van der Waals surface area contributed by atoms with Crippen molar-refractivity contribution in [3.8, 4) is 0 Å². The van der Waals surface area contributed by atoms with Crippen molar-refractivity contribution in [3.63, 3.8) is 0 Å². The first kappa shape index (κ1) is 16.9. The summed E-state index contributed by atoms with van der Waals surface area (Å²) < 4.78 is 25.3. The van der Waals surface area contributed by atoms with Crippen molar-refractivity contribution in [2.45, 2.75) is 26.3 Å². The highest BCUT2D eigenvalue weighted by Gasteiger charge is 2.34. The van der Waals surface area contributed by atoms with E-state index in [2.05, 4.69) is 5.10 Å². The number of rotatable bonds is 2. The summed E-state index contributed by atoms with van der Waals surface area (Å²) in [5.41, 5.74) is 3.14. The van der Waals surface area contributed by atoms with E-state index in [1.807, 2.05) is 6.92 Å². The van der Waals surface area contributed by atoms with Gasteiger partial charge in [-0.1, -0.05) is 24.3 Å². The number of allylic oxidation sites excluding steroid dienone is 1. The molecule has 134 valence electrons. The Morgan fingerprint density at radius 2 is 1.73 bits per heavy atom. The van der Waals surface area contributed by atoms with Gasteiger partial charge in [0.15, 0.2) is 21.4 Å². The SMILES string of the molecule is Cc1nn(C2CCS(=O)(=O)C2)c(C)c1C=C1C(=O)c2ccccc2C1=O. The molecule has 1 fully saturated rings. The van der Waals surface area contributed by atoms with Crippen LogP contribution in [0, 0.1) is 13.8 Å².